The van der Waals surface area contributed by atoms with Gasteiger partial charge in [-0.15, -0.1) is 46.2 Å². The molecule has 21 nitrogen and oxygen atoms in total. The molecule has 0 radical (unpaired) electrons. The molecule has 5 amide bonds. The monoisotopic (exact) mass is 836 g/mol. The van der Waals surface area contributed by atoms with Crippen molar-refractivity contribution in [1.29, 1.82) is 0 Å². The number of carbonyl (C=O) groups excluding carboxylic acids is 5. The highest BCUT2D eigenvalue weighted by Gasteiger charge is 2.57. The fraction of sp³-hybridized carbons (Fsp3) is 0.400. The van der Waals surface area contributed by atoms with Crippen molar-refractivity contribution in [2.45, 2.75) is 34.9 Å². The van der Waals surface area contributed by atoms with Crippen LogP contribution >= 0.6 is 46.2 Å². The van der Waals surface area contributed by atoms with E-state index >= 15 is 0 Å². The Bertz CT molecular complexity index is 2030. The third-order valence-corrected chi connectivity index (χ3v) is 12.2. The van der Waals surface area contributed by atoms with Gasteiger partial charge in [0.1, 0.15) is 54.5 Å². The maximum absolute atomic E-state index is 13.8. The number of rotatable bonds is 15. The van der Waals surface area contributed by atoms with Crippen LogP contribution in [0.4, 0.5) is 10.3 Å². The molecule has 4 aliphatic rings. The van der Waals surface area contributed by atoms with Crippen molar-refractivity contribution >= 4 is 103 Å². The van der Waals surface area contributed by atoms with E-state index in [4.69, 9.17) is 24.9 Å². The zero-order chi connectivity index (χ0) is 39.6. The lowest BCUT2D eigenvalue weighted by Crippen LogP contribution is -2.74. The van der Waals surface area contributed by atoms with Crippen molar-refractivity contribution in [3.05, 3.63) is 44.1 Å². The minimum atomic E-state index is -1.24. The first kappa shape index (κ1) is 39.6. The van der Waals surface area contributed by atoms with E-state index < -0.39 is 70.4 Å². The Hall–Kier alpha value is -5.08. The highest BCUT2D eigenvalue weighted by atomic mass is 32.2. The van der Waals surface area contributed by atoms with Crippen LogP contribution in [0.5, 0.6) is 0 Å². The molecule has 2 unspecified atom stereocenters. The van der Waals surface area contributed by atoms with Crippen LogP contribution < -0.4 is 21.7 Å². The first-order valence-corrected chi connectivity index (χ1v) is 19.4. The molecule has 2 fully saturated rings. The van der Waals surface area contributed by atoms with Crippen molar-refractivity contribution in [2.75, 3.05) is 52.7 Å². The summed E-state index contributed by atoms with van der Waals surface area (Å²) < 4.78 is 10.4. The predicted octanol–water partition coefficient (Wildman–Crippen LogP) is -0.796. The minimum absolute atomic E-state index is 0.00630. The van der Waals surface area contributed by atoms with Crippen LogP contribution in [-0.4, -0.2) is 148 Å². The molecule has 0 spiro atoms. The number of nitrogens with zero attached hydrogens (tertiary/aromatic N) is 6. The molecule has 6 heterocycles. The Morgan fingerprint density at radius 2 is 1.29 bits per heavy atom. The number of carboxylic acid groups (broad SMARTS) is 1. The van der Waals surface area contributed by atoms with E-state index in [0.29, 0.717) is 11.1 Å². The number of carboxylic acids is 1. The summed E-state index contributed by atoms with van der Waals surface area (Å²) in [5.41, 5.74) is 6.21. The zero-order valence-corrected chi connectivity index (χ0v) is 32.4. The van der Waals surface area contributed by atoms with E-state index in [-0.39, 0.29) is 46.3 Å². The van der Waals surface area contributed by atoms with Gasteiger partial charge in [-0.1, -0.05) is 10.3 Å². The summed E-state index contributed by atoms with van der Waals surface area (Å²) in [6, 6.07) is -4.48. The largest absolute Gasteiger partial charge is 0.479 e. The second kappa shape index (κ2) is 16.7. The molecule has 6 atom stereocenters. The van der Waals surface area contributed by atoms with Gasteiger partial charge < -0.3 is 50.4 Å². The Morgan fingerprint density at radius 1 is 0.800 bits per heavy atom. The lowest BCUT2D eigenvalue weighted by atomic mass is 9.97. The average Bonchev–Trinajstić information content (AvgIpc) is 3.81. The molecule has 2 aromatic heterocycles. The van der Waals surface area contributed by atoms with E-state index in [1.807, 2.05) is 0 Å². The molecule has 0 saturated carbocycles. The number of carbonyl (C=O) groups is 6. The maximum atomic E-state index is 13.8. The number of amides is 5. The summed E-state index contributed by atoms with van der Waals surface area (Å²) in [6.45, 7) is 0.0225. The van der Waals surface area contributed by atoms with Gasteiger partial charge >= 0.3 is 5.97 Å². The molecule has 4 aliphatic heterocycles. The molecule has 0 aliphatic carbocycles. The van der Waals surface area contributed by atoms with Crippen LogP contribution in [0.2, 0.25) is 0 Å². The highest BCUT2D eigenvalue weighted by molar-refractivity contribution is 8.03. The van der Waals surface area contributed by atoms with Gasteiger partial charge in [0, 0.05) is 25.0 Å². The zero-order valence-electron chi connectivity index (χ0n) is 29.1. The SMILES string of the molecule is COCC1=CS[C@@H]2[C@H](NC(=O)/C(=N\OC)c3csc(NC(=O)C4C(COC)=CS[C@@H]5[C@H](NC(=O)/C(=N\OC)c6csc(N)n6)C(=O)N45)n3)C(=O)N2C1C(=O)O. The minimum Gasteiger partial charge on any atom is -0.479 e. The number of aromatic nitrogens is 2. The van der Waals surface area contributed by atoms with Crippen molar-refractivity contribution < 1.29 is 53.0 Å². The van der Waals surface area contributed by atoms with Gasteiger partial charge in [0.2, 0.25) is 11.8 Å². The molecule has 2 saturated heterocycles. The number of hydrogen-bond acceptors (Lipinski definition) is 19. The Morgan fingerprint density at radius 3 is 1.76 bits per heavy atom. The smallest absolute Gasteiger partial charge is 0.330 e. The fourth-order valence-electron chi connectivity index (χ4n) is 6.03. The number of thiazole rings is 2. The summed E-state index contributed by atoms with van der Waals surface area (Å²) in [6.07, 6.45) is 0. The topological polar surface area (TPSA) is 279 Å². The van der Waals surface area contributed by atoms with Gasteiger partial charge in [-0.2, -0.15) is 0 Å². The Balaban J connectivity index is 1.13. The van der Waals surface area contributed by atoms with Crippen molar-refractivity contribution in [3.8, 4) is 0 Å². The number of fused-ring (bicyclic) bond motifs is 2. The molecular weight excluding hydrogens is 805 g/mol. The number of nitrogens with one attached hydrogen (secondary N) is 3. The number of ether oxygens (including phenoxy) is 2. The standard InChI is InChI=1S/C30H32N10O11S4/c1-48-5-11-7-52-26-17(34-21(41)15(37-50-3)13-9-54-29(31)32-13)24(44)39(26)19(11)23(43)36-30-33-14(10-55-30)16(38-51-4)22(42)35-18-25(45)40-20(28(46)47)12(6-49-2)8-53-27(18)40/h7-10,17-20,26-27H,5-6H2,1-4H3,(H2,31,32)(H,34,41)(H,35,42)(H,46,47)(H,33,36,43)/b37-15-,38-16-/t17-,18-,19?,20?,26-,27-/m1/s1. The normalized spacial score (nSPS) is 24.7. The van der Waals surface area contributed by atoms with Crippen LogP contribution in [0, 0.1) is 0 Å². The van der Waals surface area contributed by atoms with E-state index in [1.165, 1.54) is 72.5 Å². The summed E-state index contributed by atoms with van der Waals surface area (Å²) in [7, 11) is 5.31. The van der Waals surface area contributed by atoms with Crippen molar-refractivity contribution in [3.63, 3.8) is 0 Å². The summed E-state index contributed by atoms with van der Waals surface area (Å²) in [4.78, 5) is 99.6. The van der Waals surface area contributed by atoms with Crippen LogP contribution in [-0.2, 0) is 47.9 Å². The number of β-lactam (4-membered cyclic amide) rings is 2. The highest BCUT2D eigenvalue weighted by Crippen LogP contribution is 2.41. The van der Waals surface area contributed by atoms with Crippen LogP contribution in [0.25, 0.3) is 0 Å². The molecule has 6 rings (SSSR count). The van der Waals surface area contributed by atoms with Gasteiger partial charge in [-0.3, -0.25) is 29.3 Å². The van der Waals surface area contributed by atoms with E-state index in [0.717, 1.165) is 22.7 Å². The Labute approximate surface area is 327 Å². The van der Waals surface area contributed by atoms with Gasteiger partial charge in [0.25, 0.3) is 17.7 Å². The number of methoxy groups -OCH3 is 2. The van der Waals surface area contributed by atoms with E-state index in [9.17, 15) is 33.9 Å². The Kier molecular flexibility index (Phi) is 12.1. The predicted molar refractivity (Wildman–Crippen MR) is 200 cm³/mol. The van der Waals surface area contributed by atoms with E-state index in [2.05, 4.69) is 36.2 Å². The average molecular weight is 837 g/mol. The van der Waals surface area contributed by atoms with Crippen LogP contribution in [0.15, 0.2) is 43.0 Å². The molecule has 2 aromatic rings. The number of oxime groups is 2. The van der Waals surface area contributed by atoms with Gasteiger partial charge in [0.05, 0.1) is 13.2 Å². The lowest BCUT2D eigenvalue weighted by molar-refractivity contribution is -0.160. The number of anilines is 2. The number of hydrogen-bond donors (Lipinski definition) is 5. The molecule has 0 aromatic carbocycles. The molecule has 55 heavy (non-hydrogen) atoms. The quantitative estimate of drug-likeness (QED) is 0.0835. The maximum Gasteiger partial charge on any atom is 0.330 e. The fourth-order valence-corrected chi connectivity index (χ4v) is 9.69. The summed E-state index contributed by atoms with van der Waals surface area (Å²) >= 11 is 4.43. The third-order valence-electron chi connectivity index (χ3n) is 8.35. The second-order valence-corrected chi connectivity index (χ2v) is 15.4. The van der Waals surface area contributed by atoms with Crippen molar-refractivity contribution in [1.82, 2.24) is 30.4 Å². The van der Waals surface area contributed by atoms with Gasteiger partial charge in [-0.25, -0.2) is 14.8 Å². The lowest BCUT2D eigenvalue weighted by Gasteiger charge is -2.51. The molecule has 0 bridgehead atoms. The number of aliphatic carboxylic acids is 1. The number of thioether (sulfide) groups is 2. The number of nitrogens with two attached hydrogens (primary N) is 1. The first-order valence-electron chi connectivity index (χ1n) is 15.8. The first-order chi connectivity index (χ1) is 26.4. The third kappa shape index (κ3) is 7.62. The summed E-state index contributed by atoms with van der Waals surface area (Å²) in [5.74, 6) is -4.61. The summed E-state index contributed by atoms with van der Waals surface area (Å²) in [5, 5.41) is 30.3. The molecule has 25 heteroatoms. The van der Waals surface area contributed by atoms with Crippen LogP contribution in [0.3, 0.4) is 0 Å². The van der Waals surface area contributed by atoms with Crippen molar-refractivity contribution in [2.24, 2.45) is 10.3 Å². The van der Waals surface area contributed by atoms with E-state index in [1.54, 1.807) is 10.8 Å². The molecule has 6 N–H and O–H groups in total. The van der Waals surface area contributed by atoms with Gasteiger partial charge in [0.15, 0.2) is 27.7 Å². The second-order valence-electron chi connectivity index (χ2n) is 11.7. The van der Waals surface area contributed by atoms with Crippen LogP contribution in [0.1, 0.15) is 11.4 Å². The molecular formula is C30H32N10O11S4. The van der Waals surface area contributed by atoms with Gasteiger partial charge in [-0.05, 0) is 22.0 Å². The molecule has 292 valence electrons. The number of nitrogen functional groups attached to an aromatic ring is 1.